The number of benzene rings is 9. The van der Waals surface area contributed by atoms with E-state index in [1.165, 1.54) is 71.3 Å². The fourth-order valence-corrected chi connectivity index (χ4v) is 10.2. The van der Waals surface area contributed by atoms with Crippen LogP contribution >= 0.6 is 0 Å². The third kappa shape index (κ3) is 4.16. The normalized spacial score (nSPS) is 13.3. The Morgan fingerprint density at radius 3 is 1.71 bits per heavy atom. The third-order valence-electron chi connectivity index (χ3n) is 12.6. The Balaban J connectivity index is 1.09. The summed E-state index contributed by atoms with van der Waals surface area (Å²) in [6, 6.07) is 70.3. The molecule has 4 heteroatoms. The first-order valence-corrected chi connectivity index (χ1v) is 19.9. The Kier molecular flexibility index (Phi) is 6.34. The molecule has 2 aliphatic rings. The van der Waals surface area contributed by atoms with Crippen LogP contribution in [0.15, 0.2) is 194 Å². The summed E-state index contributed by atoms with van der Waals surface area (Å²) in [7, 11) is 0. The van der Waals surface area contributed by atoms with Gasteiger partial charge in [0.05, 0.1) is 22.1 Å². The highest BCUT2D eigenvalue weighted by atomic mass is 15.0. The topological polar surface area (TPSA) is 43.6 Å². The van der Waals surface area contributed by atoms with Crippen molar-refractivity contribution in [1.29, 1.82) is 0 Å². The summed E-state index contributed by atoms with van der Waals surface area (Å²) in [4.78, 5) is 15.6. The molecule has 3 heterocycles. The van der Waals surface area contributed by atoms with Gasteiger partial charge in [-0.15, -0.1) is 0 Å². The first-order valence-electron chi connectivity index (χ1n) is 19.9. The van der Waals surface area contributed by atoms with Crippen molar-refractivity contribution < 1.29 is 0 Å². The van der Waals surface area contributed by atoms with Crippen LogP contribution in [0.2, 0.25) is 0 Å². The first-order chi connectivity index (χ1) is 28.8. The molecule has 11 aromatic rings. The second kappa shape index (κ2) is 11.7. The molecule has 0 saturated heterocycles. The zero-order chi connectivity index (χ0) is 38.0. The highest BCUT2D eigenvalue weighted by Gasteiger charge is 2.50. The average Bonchev–Trinajstić information content (AvgIpc) is 3.79. The van der Waals surface area contributed by atoms with Gasteiger partial charge in [-0.1, -0.05) is 176 Å². The van der Waals surface area contributed by atoms with E-state index in [0.717, 1.165) is 27.8 Å². The van der Waals surface area contributed by atoms with E-state index in [-0.39, 0.29) is 0 Å². The SMILES string of the molecule is c1ccc(-c2nc(-c3ccc4c(c3)-n3c5ccccc5c5cccc(c53)C43c4ccccc4-c4ccccc43)nc(-c3ccc4c(ccc5ccccc54)c3)n2)cc1. The quantitative estimate of drug-likeness (QED) is 0.170. The predicted octanol–water partition coefficient (Wildman–Crippen LogP) is 13.0. The molecule has 4 nitrogen and oxygen atoms in total. The molecule has 268 valence electrons. The van der Waals surface area contributed by atoms with Crippen LogP contribution in [0.3, 0.4) is 0 Å². The molecule has 0 fully saturated rings. The van der Waals surface area contributed by atoms with Gasteiger partial charge in [0.1, 0.15) is 0 Å². The van der Waals surface area contributed by atoms with Crippen LogP contribution < -0.4 is 0 Å². The van der Waals surface area contributed by atoms with Gasteiger partial charge < -0.3 is 4.57 Å². The number of rotatable bonds is 3. The number of fused-ring (bicyclic) bond motifs is 15. The summed E-state index contributed by atoms with van der Waals surface area (Å²) < 4.78 is 2.49. The number of aromatic nitrogens is 4. The van der Waals surface area contributed by atoms with Gasteiger partial charge in [0.25, 0.3) is 0 Å². The lowest BCUT2D eigenvalue weighted by molar-refractivity contribution is 0.748. The maximum absolute atomic E-state index is 5.29. The fraction of sp³-hybridized carbons (Fsp3) is 0.0185. The van der Waals surface area contributed by atoms with E-state index in [9.17, 15) is 0 Å². The zero-order valence-electron chi connectivity index (χ0n) is 31.3. The maximum atomic E-state index is 5.29. The van der Waals surface area contributed by atoms with Crippen LogP contribution in [0, 0.1) is 0 Å². The summed E-state index contributed by atoms with van der Waals surface area (Å²) in [6.07, 6.45) is 0. The molecule has 58 heavy (non-hydrogen) atoms. The van der Waals surface area contributed by atoms with Crippen molar-refractivity contribution in [2.75, 3.05) is 0 Å². The molecule has 0 radical (unpaired) electrons. The van der Waals surface area contributed by atoms with Crippen molar-refractivity contribution in [2.24, 2.45) is 0 Å². The van der Waals surface area contributed by atoms with Crippen molar-refractivity contribution in [3.63, 3.8) is 0 Å². The molecule has 0 saturated carbocycles. The lowest BCUT2D eigenvalue weighted by atomic mass is 9.65. The van der Waals surface area contributed by atoms with E-state index < -0.39 is 5.41 Å². The molecule has 2 aromatic heterocycles. The van der Waals surface area contributed by atoms with Crippen LogP contribution in [-0.2, 0) is 5.41 Å². The van der Waals surface area contributed by atoms with Gasteiger partial charge in [-0.05, 0) is 73.1 Å². The molecule has 0 bridgehead atoms. The second-order valence-corrected chi connectivity index (χ2v) is 15.5. The van der Waals surface area contributed by atoms with E-state index in [1.54, 1.807) is 0 Å². The fourth-order valence-electron chi connectivity index (χ4n) is 10.2. The van der Waals surface area contributed by atoms with E-state index in [0.29, 0.717) is 17.5 Å². The Hall–Kier alpha value is -7.69. The number of hydrogen-bond donors (Lipinski definition) is 0. The summed E-state index contributed by atoms with van der Waals surface area (Å²) in [5, 5.41) is 7.32. The predicted molar refractivity (Wildman–Crippen MR) is 236 cm³/mol. The molecule has 1 aliphatic heterocycles. The van der Waals surface area contributed by atoms with Crippen molar-refractivity contribution in [1.82, 2.24) is 19.5 Å². The lowest BCUT2D eigenvalue weighted by Gasteiger charge is -2.39. The van der Waals surface area contributed by atoms with Crippen LogP contribution in [0.4, 0.5) is 0 Å². The second-order valence-electron chi connectivity index (χ2n) is 15.5. The third-order valence-corrected chi connectivity index (χ3v) is 12.6. The molecule has 9 aromatic carbocycles. The van der Waals surface area contributed by atoms with E-state index >= 15 is 0 Å². The minimum Gasteiger partial charge on any atom is -0.309 e. The molecular formula is C54H32N4. The Labute approximate surface area is 334 Å². The molecule has 13 rings (SSSR count). The summed E-state index contributed by atoms with van der Waals surface area (Å²) >= 11 is 0. The van der Waals surface area contributed by atoms with Crippen molar-refractivity contribution >= 4 is 43.4 Å². The van der Waals surface area contributed by atoms with E-state index in [4.69, 9.17) is 15.0 Å². The van der Waals surface area contributed by atoms with Gasteiger partial charge in [0, 0.05) is 27.5 Å². The molecular weight excluding hydrogens is 705 g/mol. The van der Waals surface area contributed by atoms with Gasteiger partial charge in [-0.25, -0.2) is 15.0 Å². The highest BCUT2D eigenvalue weighted by Crippen LogP contribution is 2.61. The Bertz CT molecular complexity index is 3480. The van der Waals surface area contributed by atoms with Crippen LogP contribution in [0.5, 0.6) is 0 Å². The number of nitrogens with zero attached hydrogens (tertiary/aromatic N) is 4. The van der Waals surface area contributed by atoms with E-state index in [2.05, 4.69) is 180 Å². The number of hydrogen-bond acceptors (Lipinski definition) is 3. The minimum atomic E-state index is -0.514. The lowest BCUT2D eigenvalue weighted by Crippen LogP contribution is -2.33. The van der Waals surface area contributed by atoms with E-state index in [1.807, 2.05) is 18.2 Å². The molecule has 0 unspecified atom stereocenters. The Morgan fingerprint density at radius 1 is 0.345 bits per heavy atom. The monoisotopic (exact) mass is 736 g/mol. The highest BCUT2D eigenvalue weighted by molar-refractivity contribution is 6.13. The summed E-state index contributed by atoms with van der Waals surface area (Å²) in [5.41, 5.74) is 13.6. The van der Waals surface area contributed by atoms with Gasteiger partial charge in [0.2, 0.25) is 0 Å². The molecule has 0 atom stereocenters. The zero-order valence-corrected chi connectivity index (χ0v) is 31.3. The van der Waals surface area contributed by atoms with Crippen LogP contribution in [0.1, 0.15) is 22.3 Å². The summed E-state index contributed by atoms with van der Waals surface area (Å²) in [5.74, 6) is 1.93. The van der Waals surface area contributed by atoms with Gasteiger partial charge in [-0.2, -0.15) is 0 Å². The van der Waals surface area contributed by atoms with Crippen molar-refractivity contribution in [3.8, 4) is 51.0 Å². The van der Waals surface area contributed by atoms with Crippen LogP contribution in [-0.4, -0.2) is 19.5 Å². The first kappa shape index (κ1) is 31.5. The minimum absolute atomic E-state index is 0.514. The molecule has 1 spiro atoms. The number of para-hydroxylation sites is 2. The smallest absolute Gasteiger partial charge is 0.164 e. The molecule has 0 amide bonds. The van der Waals surface area contributed by atoms with Gasteiger partial charge in [0.15, 0.2) is 17.5 Å². The molecule has 1 aliphatic carbocycles. The maximum Gasteiger partial charge on any atom is 0.164 e. The van der Waals surface area contributed by atoms with Crippen LogP contribution in [0.25, 0.3) is 94.3 Å². The van der Waals surface area contributed by atoms with Crippen molar-refractivity contribution in [3.05, 3.63) is 216 Å². The Morgan fingerprint density at radius 2 is 0.914 bits per heavy atom. The molecule has 0 N–H and O–H groups in total. The van der Waals surface area contributed by atoms with Gasteiger partial charge in [-0.3, -0.25) is 0 Å². The summed E-state index contributed by atoms with van der Waals surface area (Å²) in [6.45, 7) is 0. The van der Waals surface area contributed by atoms with Crippen molar-refractivity contribution in [2.45, 2.75) is 5.41 Å². The largest absolute Gasteiger partial charge is 0.309 e. The van der Waals surface area contributed by atoms with Gasteiger partial charge >= 0.3 is 0 Å². The standard InChI is InChI=1S/C54H32N4/c1-2-14-34(15-3-1)51-55-52(36-27-29-39-35(31-36)26-25-33-13-4-5-16-38(33)39)57-53(56-51)37-28-30-46-49(32-37)58-48-24-11-8-19-42(48)43-20-12-23-47(50(43)58)54(46)44-21-9-6-17-40(44)41-18-7-10-22-45(41)54/h1-32H. The average molecular weight is 737 g/mol.